The third kappa shape index (κ3) is 4.79. The zero-order chi connectivity index (χ0) is 22.2. The van der Waals surface area contributed by atoms with Crippen molar-refractivity contribution < 1.29 is 13.9 Å². The van der Waals surface area contributed by atoms with Crippen LogP contribution in [0, 0.1) is 5.82 Å². The van der Waals surface area contributed by atoms with Crippen molar-refractivity contribution in [3.8, 4) is 11.5 Å². The third-order valence-electron chi connectivity index (χ3n) is 5.25. The summed E-state index contributed by atoms with van der Waals surface area (Å²) in [7, 11) is 0. The number of fused-ring (bicyclic) bond motifs is 1. The van der Waals surface area contributed by atoms with E-state index in [2.05, 4.69) is 20.3 Å². The van der Waals surface area contributed by atoms with Crippen molar-refractivity contribution >= 4 is 28.7 Å². The Labute approximate surface area is 185 Å². The Morgan fingerprint density at radius 1 is 1.32 bits per heavy atom. The molecule has 1 fully saturated rings. The number of ether oxygens (including phenoxy) is 1. The van der Waals surface area contributed by atoms with Gasteiger partial charge in [-0.25, -0.2) is 24.1 Å². The summed E-state index contributed by atoms with van der Waals surface area (Å²) in [5.41, 5.74) is 1.000. The highest BCUT2D eigenvalue weighted by Crippen LogP contribution is 2.36. The molecule has 3 aromatic rings. The van der Waals surface area contributed by atoms with Crippen molar-refractivity contribution in [2.24, 2.45) is 0 Å². The van der Waals surface area contributed by atoms with Crippen LogP contribution in [0.1, 0.15) is 52.5 Å². The van der Waals surface area contributed by atoms with Gasteiger partial charge in [-0.05, 0) is 58.6 Å². The fourth-order valence-electron chi connectivity index (χ4n) is 4.06. The van der Waals surface area contributed by atoms with Crippen LogP contribution in [-0.4, -0.2) is 37.3 Å². The van der Waals surface area contributed by atoms with Crippen molar-refractivity contribution in [1.29, 1.82) is 0 Å². The van der Waals surface area contributed by atoms with Gasteiger partial charge in [0.2, 0.25) is 0 Å². The fourth-order valence-corrected chi connectivity index (χ4v) is 4.21. The normalized spacial score (nSPS) is 19.4. The van der Waals surface area contributed by atoms with Crippen LogP contribution >= 0.6 is 11.6 Å². The molecule has 0 aliphatic heterocycles. The molecule has 0 bridgehead atoms. The molecular formula is C22H25ClFN5O2. The number of hydrogen-bond acceptors (Lipinski definition) is 5. The van der Waals surface area contributed by atoms with Gasteiger partial charge in [-0.1, -0.05) is 11.6 Å². The van der Waals surface area contributed by atoms with E-state index in [4.69, 9.17) is 16.3 Å². The maximum atomic E-state index is 14.6. The van der Waals surface area contributed by atoms with Gasteiger partial charge in [-0.3, -0.25) is 0 Å². The number of rotatable bonds is 3. The van der Waals surface area contributed by atoms with Crippen LogP contribution in [0.2, 0.25) is 5.15 Å². The van der Waals surface area contributed by atoms with E-state index >= 15 is 0 Å². The minimum absolute atomic E-state index is 0.0157. The highest BCUT2D eigenvalue weighted by molar-refractivity contribution is 6.29. The van der Waals surface area contributed by atoms with Gasteiger partial charge in [-0.15, -0.1) is 0 Å². The number of nitrogens with one attached hydrogen (secondary N) is 1. The molecule has 31 heavy (non-hydrogen) atoms. The summed E-state index contributed by atoms with van der Waals surface area (Å²) in [4.78, 5) is 25.3. The SMILES string of the molecule is CC(C)(C)OC(=O)N[C@@H]1CCC[C@H](n2c(-c3ncccc3F)nc3cc(Cl)ncc32)C1. The summed E-state index contributed by atoms with van der Waals surface area (Å²) >= 11 is 6.07. The lowest BCUT2D eigenvalue weighted by Crippen LogP contribution is -2.41. The molecule has 1 N–H and O–H groups in total. The number of imidazole rings is 1. The summed E-state index contributed by atoms with van der Waals surface area (Å²) in [5.74, 6) is -0.0163. The Morgan fingerprint density at radius 3 is 2.87 bits per heavy atom. The molecule has 3 aromatic heterocycles. The lowest BCUT2D eigenvalue weighted by Gasteiger charge is -2.32. The van der Waals surface area contributed by atoms with Gasteiger partial charge in [0, 0.05) is 24.3 Å². The first-order valence-electron chi connectivity index (χ1n) is 10.3. The average molecular weight is 446 g/mol. The second kappa shape index (κ2) is 8.42. The van der Waals surface area contributed by atoms with Crippen molar-refractivity contribution in [2.75, 3.05) is 0 Å². The summed E-state index contributed by atoms with van der Waals surface area (Å²) in [6, 6.07) is 4.50. The van der Waals surface area contributed by atoms with Gasteiger partial charge in [0.15, 0.2) is 11.6 Å². The molecule has 3 heterocycles. The van der Waals surface area contributed by atoms with Crippen LogP contribution in [0.25, 0.3) is 22.6 Å². The van der Waals surface area contributed by atoms with E-state index in [9.17, 15) is 9.18 Å². The maximum Gasteiger partial charge on any atom is 0.407 e. The first-order valence-corrected chi connectivity index (χ1v) is 10.7. The topological polar surface area (TPSA) is 81.9 Å². The number of carbonyl (C=O) groups excluding carboxylic acids is 1. The monoisotopic (exact) mass is 445 g/mol. The lowest BCUT2D eigenvalue weighted by molar-refractivity contribution is 0.0486. The Kier molecular flexibility index (Phi) is 5.83. The Morgan fingerprint density at radius 2 is 2.13 bits per heavy atom. The number of pyridine rings is 2. The number of carbonyl (C=O) groups is 1. The van der Waals surface area contributed by atoms with Gasteiger partial charge in [0.25, 0.3) is 0 Å². The number of amides is 1. The fraction of sp³-hybridized carbons (Fsp3) is 0.455. The lowest BCUT2D eigenvalue weighted by atomic mass is 9.90. The largest absolute Gasteiger partial charge is 0.444 e. The van der Waals surface area contributed by atoms with Crippen molar-refractivity contribution in [1.82, 2.24) is 24.8 Å². The smallest absolute Gasteiger partial charge is 0.407 e. The van der Waals surface area contributed by atoms with E-state index in [0.717, 1.165) is 24.8 Å². The minimum Gasteiger partial charge on any atom is -0.444 e. The molecule has 1 aliphatic rings. The molecular weight excluding hydrogens is 421 g/mol. The second-order valence-electron chi connectivity index (χ2n) is 8.80. The first kappa shape index (κ1) is 21.5. The molecule has 0 aromatic carbocycles. The predicted molar refractivity (Wildman–Crippen MR) is 116 cm³/mol. The molecule has 1 amide bonds. The summed E-state index contributed by atoms with van der Waals surface area (Å²) in [6.07, 6.45) is 6.03. The van der Waals surface area contributed by atoms with E-state index in [0.29, 0.717) is 22.9 Å². The van der Waals surface area contributed by atoms with Gasteiger partial charge in [-0.2, -0.15) is 0 Å². The molecule has 9 heteroatoms. The predicted octanol–water partition coefficient (Wildman–Crippen LogP) is 5.29. The molecule has 164 valence electrons. The average Bonchev–Trinajstić information content (AvgIpc) is 3.05. The molecule has 1 aliphatic carbocycles. The second-order valence-corrected chi connectivity index (χ2v) is 9.19. The van der Waals surface area contributed by atoms with E-state index in [1.54, 1.807) is 24.5 Å². The summed E-state index contributed by atoms with van der Waals surface area (Å²) in [5, 5.41) is 3.29. The molecule has 1 saturated carbocycles. The Hall–Kier alpha value is -2.74. The molecule has 0 radical (unpaired) electrons. The van der Waals surface area contributed by atoms with Crippen LogP contribution in [-0.2, 0) is 4.74 Å². The van der Waals surface area contributed by atoms with Crippen molar-refractivity contribution in [3.63, 3.8) is 0 Å². The number of halogens is 2. The molecule has 7 nitrogen and oxygen atoms in total. The van der Waals surface area contributed by atoms with Crippen LogP contribution in [0.4, 0.5) is 9.18 Å². The summed E-state index contributed by atoms with van der Waals surface area (Å²) in [6.45, 7) is 5.50. The molecule has 0 spiro atoms. The molecule has 0 unspecified atom stereocenters. The third-order valence-corrected chi connectivity index (χ3v) is 5.45. The van der Waals surface area contributed by atoms with Crippen molar-refractivity contribution in [3.05, 3.63) is 41.6 Å². The molecule has 4 rings (SSSR count). The van der Waals surface area contributed by atoms with Crippen LogP contribution < -0.4 is 5.32 Å². The number of nitrogens with zero attached hydrogens (tertiary/aromatic N) is 4. The maximum absolute atomic E-state index is 14.6. The van der Waals surface area contributed by atoms with E-state index in [-0.39, 0.29) is 17.8 Å². The minimum atomic E-state index is -0.562. The number of hydrogen-bond donors (Lipinski definition) is 1. The van der Waals surface area contributed by atoms with E-state index in [1.165, 1.54) is 6.07 Å². The van der Waals surface area contributed by atoms with Crippen LogP contribution in [0.3, 0.4) is 0 Å². The highest BCUT2D eigenvalue weighted by atomic mass is 35.5. The van der Waals surface area contributed by atoms with Crippen LogP contribution in [0.15, 0.2) is 30.6 Å². The number of alkyl carbamates (subject to hydrolysis) is 1. The zero-order valence-corrected chi connectivity index (χ0v) is 18.5. The molecule has 2 atom stereocenters. The Balaban J connectivity index is 1.69. The standard InChI is InChI=1S/C22H25ClFN5O2/c1-22(2,3)31-21(30)27-13-6-4-7-14(10-13)29-17-12-26-18(23)11-16(17)28-20(29)19-15(24)8-5-9-25-19/h5,8-9,11-14H,4,6-7,10H2,1-3H3,(H,27,30)/t13-,14+/m1/s1. The zero-order valence-electron chi connectivity index (χ0n) is 17.7. The van der Waals surface area contributed by atoms with Gasteiger partial charge >= 0.3 is 6.09 Å². The van der Waals surface area contributed by atoms with E-state index in [1.807, 2.05) is 25.3 Å². The van der Waals surface area contributed by atoms with Gasteiger partial charge < -0.3 is 14.6 Å². The van der Waals surface area contributed by atoms with E-state index < -0.39 is 17.5 Å². The highest BCUT2D eigenvalue weighted by Gasteiger charge is 2.30. The summed E-state index contributed by atoms with van der Waals surface area (Å²) < 4.78 is 22.0. The van der Waals surface area contributed by atoms with Gasteiger partial charge in [0.05, 0.1) is 17.2 Å². The van der Waals surface area contributed by atoms with Crippen molar-refractivity contribution in [2.45, 2.75) is 64.1 Å². The Bertz CT molecular complexity index is 1110. The van der Waals surface area contributed by atoms with Gasteiger partial charge in [0.1, 0.15) is 16.4 Å². The first-order chi connectivity index (χ1) is 14.7. The van der Waals surface area contributed by atoms with Crippen LogP contribution in [0.5, 0.6) is 0 Å². The molecule has 0 saturated heterocycles. The number of aromatic nitrogens is 4. The quantitative estimate of drug-likeness (QED) is 0.553.